The molecule has 1 aromatic heterocycles. The monoisotopic (exact) mass is 402 g/mol. The quantitative estimate of drug-likeness (QED) is 0.427. The van der Waals surface area contributed by atoms with E-state index in [1.54, 1.807) is 0 Å². The number of hydrogen-bond acceptors (Lipinski definition) is 1. The van der Waals surface area contributed by atoms with Crippen molar-refractivity contribution in [2.45, 2.75) is 19.8 Å². The molecule has 146 valence electrons. The van der Waals surface area contributed by atoms with E-state index in [2.05, 4.69) is 47.6 Å². The second-order valence-electron chi connectivity index (χ2n) is 7.38. The van der Waals surface area contributed by atoms with Gasteiger partial charge in [-0.2, -0.15) is 0 Å². The Bertz CT molecular complexity index is 1160. The maximum atomic E-state index is 12.6. The van der Waals surface area contributed by atoms with E-state index in [9.17, 15) is 4.79 Å². The molecular weight excluding hydrogens is 380 g/mol. The number of hydrogen-bond donors (Lipinski definition) is 2. The van der Waals surface area contributed by atoms with E-state index in [-0.39, 0.29) is 5.91 Å². The van der Waals surface area contributed by atoms with Gasteiger partial charge in [0.05, 0.1) is 0 Å². The SMILES string of the molecule is Cc1cccc(Cc2cccc(C(=O)NCCc3c[nH]c4ccc(Cl)cc34)c2)c1. The molecule has 0 aliphatic rings. The lowest BCUT2D eigenvalue weighted by atomic mass is 10.0. The van der Waals surface area contributed by atoms with Crippen LogP contribution in [0.15, 0.2) is 72.9 Å². The van der Waals surface area contributed by atoms with Crippen LogP contribution in [0.25, 0.3) is 10.9 Å². The van der Waals surface area contributed by atoms with Crippen LogP contribution in [0, 0.1) is 6.92 Å². The first-order valence-electron chi connectivity index (χ1n) is 9.77. The first-order chi connectivity index (χ1) is 14.1. The molecule has 1 heterocycles. The molecule has 0 saturated carbocycles. The van der Waals surface area contributed by atoms with Crippen LogP contribution in [-0.2, 0) is 12.8 Å². The number of fused-ring (bicyclic) bond motifs is 1. The molecule has 0 aliphatic carbocycles. The molecule has 1 amide bonds. The van der Waals surface area contributed by atoms with Crippen molar-refractivity contribution < 1.29 is 4.79 Å². The highest BCUT2D eigenvalue weighted by atomic mass is 35.5. The van der Waals surface area contributed by atoms with Crippen molar-refractivity contribution in [3.8, 4) is 0 Å². The van der Waals surface area contributed by atoms with Crippen molar-refractivity contribution in [3.05, 3.63) is 106 Å². The van der Waals surface area contributed by atoms with Crippen LogP contribution in [0.5, 0.6) is 0 Å². The molecule has 0 radical (unpaired) electrons. The van der Waals surface area contributed by atoms with Crippen LogP contribution >= 0.6 is 11.6 Å². The number of aromatic amines is 1. The van der Waals surface area contributed by atoms with E-state index in [1.807, 2.05) is 42.6 Å². The summed E-state index contributed by atoms with van der Waals surface area (Å²) in [6, 6.07) is 22.1. The lowest BCUT2D eigenvalue weighted by molar-refractivity contribution is 0.0954. The minimum absolute atomic E-state index is 0.0473. The summed E-state index contributed by atoms with van der Waals surface area (Å²) in [6.45, 7) is 2.66. The minimum Gasteiger partial charge on any atom is -0.361 e. The van der Waals surface area contributed by atoms with Gasteiger partial charge in [0, 0.05) is 34.2 Å². The molecule has 0 aliphatic heterocycles. The summed E-state index contributed by atoms with van der Waals surface area (Å²) < 4.78 is 0. The van der Waals surface area contributed by atoms with Gasteiger partial charge in [-0.15, -0.1) is 0 Å². The first kappa shape index (κ1) is 19.3. The maximum absolute atomic E-state index is 12.6. The number of carbonyl (C=O) groups excluding carboxylic acids is 1. The average Bonchev–Trinajstić information content (AvgIpc) is 3.10. The van der Waals surface area contributed by atoms with Crippen molar-refractivity contribution >= 4 is 28.4 Å². The molecule has 4 rings (SSSR count). The van der Waals surface area contributed by atoms with Gasteiger partial charge in [0.15, 0.2) is 0 Å². The van der Waals surface area contributed by atoms with Crippen LogP contribution in [0.3, 0.4) is 0 Å². The Kier molecular flexibility index (Phi) is 5.68. The number of nitrogens with one attached hydrogen (secondary N) is 2. The lowest BCUT2D eigenvalue weighted by Gasteiger charge is -2.08. The fourth-order valence-corrected chi connectivity index (χ4v) is 3.82. The van der Waals surface area contributed by atoms with Crippen molar-refractivity contribution in [1.29, 1.82) is 0 Å². The van der Waals surface area contributed by atoms with Gasteiger partial charge in [0.1, 0.15) is 0 Å². The molecule has 4 aromatic rings. The largest absolute Gasteiger partial charge is 0.361 e. The number of carbonyl (C=O) groups is 1. The number of benzene rings is 3. The van der Waals surface area contributed by atoms with Crippen molar-refractivity contribution in [2.24, 2.45) is 0 Å². The maximum Gasteiger partial charge on any atom is 0.251 e. The third kappa shape index (κ3) is 4.69. The molecule has 0 atom stereocenters. The normalized spacial score (nSPS) is 11.0. The molecule has 0 fully saturated rings. The summed E-state index contributed by atoms with van der Waals surface area (Å²) >= 11 is 6.11. The molecule has 0 spiro atoms. The Hall–Kier alpha value is -3.04. The van der Waals surface area contributed by atoms with Crippen LogP contribution in [0.2, 0.25) is 5.02 Å². The van der Waals surface area contributed by atoms with Crippen LogP contribution in [-0.4, -0.2) is 17.4 Å². The van der Waals surface area contributed by atoms with Gasteiger partial charge in [-0.25, -0.2) is 0 Å². The zero-order valence-electron chi connectivity index (χ0n) is 16.3. The van der Waals surface area contributed by atoms with Crippen LogP contribution in [0.1, 0.15) is 32.6 Å². The lowest BCUT2D eigenvalue weighted by Crippen LogP contribution is -2.25. The Morgan fingerprint density at radius 2 is 1.79 bits per heavy atom. The summed E-state index contributed by atoms with van der Waals surface area (Å²) in [5.41, 5.74) is 6.53. The van der Waals surface area contributed by atoms with Gasteiger partial charge in [-0.05, 0) is 66.8 Å². The summed E-state index contributed by atoms with van der Waals surface area (Å²) in [5.74, 6) is -0.0473. The predicted octanol–water partition coefficient (Wildman–Crippen LogP) is 5.69. The predicted molar refractivity (Wildman–Crippen MR) is 120 cm³/mol. The highest BCUT2D eigenvalue weighted by Gasteiger charge is 2.08. The van der Waals surface area contributed by atoms with Crippen LogP contribution in [0.4, 0.5) is 0 Å². The van der Waals surface area contributed by atoms with Crippen molar-refractivity contribution in [3.63, 3.8) is 0 Å². The van der Waals surface area contributed by atoms with Gasteiger partial charge < -0.3 is 10.3 Å². The standard InChI is InChI=1S/C25H23ClN2O/c1-17-4-2-5-18(12-17)13-19-6-3-7-20(14-19)25(29)27-11-10-21-16-28-24-9-8-22(26)15-23(21)24/h2-9,12,14-16,28H,10-11,13H2,1H3,(H,27,29). The fourth-order valence-electron chi connectivity index (χ4n) is 3.65. The number of aromatic nitrogens is 1. The summed E-state index contributed by atoms with van der Waals surface area (Å²) in [6.07, 6.45) is 3.55. The van der Waals surface area contributed by atoms with Crippen LogP contribution < -0.4 is 5.32 Å². The molecule has 2 N–H and O–H groups in total. The number of halogens is 1. The van der Waals surface area contributed by atoms with Crippen molar-refractivity contribution in [2.75, 3.05) is 6.54 Å². The summed E-state index contributed by atoms with van der Waals surface area (Å²) in [7, 11) is 0. The molecular formula is C25H23ClN2O. The molecule has 3 aromatic carbocycles. The van der Waals surface area contributed by atoms with E-state index in [0.29, 0.717) is 17.1 Å². The topological polar surface area (TPSA) is 44.9 Å². The fraction of sp³-hybridized carbons (Fsp3) is 0.160. The molecule has 4 heteroatoms. The molecule has 0 unspecified atom stereocenters. The van der Waals surface area contributed by atoms with Gasteiger partial charge in [-0.3, -0.25) is 4.79 Å². The van der Waals surface area contributed by atoms with E-state index in [1.165, 1.54) is 11.1 Å². The molecule has 0 saturated heterocycles. The Balaban J connectivity index is 1.39. The van der Waals surface area contributed by atoms with Crippen molar-refractivity contribution in [1.82, 2.24) is 10.3 Å². The zero-order chi connectivity index (χ0) is 20.2. The Labute approximate surface area is 175 Å². The molecule has 29 heavy (non-hydrogen) atoms. The highest BCUT2D eigenvalue weighted by Crippen LogP contribution is 2.22. The van der Waals surface area contributed by atoms with Gasteiger partial charge in [-0.1, -0.05) is 53.6 Å². The Morgan fingerprint density at radius 1 is 1.00 bits per heavy atom. The summed E-state index contributed by atoms with van der Waals surface area (Å²) in [4.78, 5) is 15.9. The van der Waals surface area contributed by atoms with E-state index >= 15 is 0 Å². The molecule has 0 bridgehead atoms. The number of amides is 1. The Morgan fingerprint density at radius 3 is 2.62 bits per heavy atom. The van der Waals surface area contributed by atoms with E-state index in [4.69, 9.17) is 11.6 Å². The number of H-pyrrole nitrogens is 1. The van der Waals surface area contributed by atoms with Gasteiger partial charge in [0.25, 0.3) is 5.91 Å². The zero-order valence-corrected chi connectivity index (χ0v) is 17.1. The first-order valence-corrected chi connectivity index (χ1v) is 10.1. The second kappa shape index (κ2) is 8.54. The average molecular weight is 403 g/mol. The minimum atomic E-state index is -0.0473. The highest BCUT2D eigenvalue weighted by molar-refractivity contribution is 6.31. The molecule has 3 nitrogen and oxygen atoms in total. The third-order valence-corrected chi connectivity index (χ3v) is 5.32. The van der Waals surface area contributed by atoms with E-state index in [0.717, 1.165) is 34.9 Å². The third-order valence-electron chi connectivity index (χ3n) is 5.09. The second-order valence-corrected chi connectivity index (χ2v) is 7.81. The van der Waals surface area contributed by atoms with Gasteiger partial charge >= 0.3 is 0 Å². The van der Waals surface area contributed by atoms with E-state index < -0.39 is 0 Å². The number of rotatable bonds is 6. The van der Waals surface area contributed by atoms with Gasteiger partial charge in [0.2, 0.25) is 0 Å². The number of aryl methyl sites for hydroxylation is 1. The smallest absolute Gasteiger partial charge is 0.251 e. The summed E-state index contributed by atoms with van der Waals surface area (Å²) in [5, 5.41) is 4.85.